The summed E-state index contributed by atoms with van der Waals surface area (Å²) in [7, 11) is 1.61. The first-order chi connectivity index (χ1) is 19.3. The summed E-state index contributed by atoms with van der Waals surface area (Å²) in [6, 6.07) is 13.5. The fourth-order valence-electron chi connectivity index (χ4n) is 5.56. The number of nitrogens with one attached hydrogen (secondary N) is 1. The lowest BCUT2D eigenvalue weighted by atomic mass is 9.92. The molecule has 3 aromatic rings. The van der Waals surface area contributed by atoms with Crippen LogP contribution in [0.15, 0.2) is 42.5 Å². The van der Waals surface area contributed by atoms with E-state index in [4.69, 9.17) is 15.2 Å². The summed E-state index contributed by atoms with van der Waals surface area (Å²) in [5.74, 6) is 0.924. The number of aromatic nitrogens is 1. The molecule has 2 heterocycles. The van der Waals surface area contributed by atoms with Gasteiger partial charge in [0.1, 0.15) is 25.0 Å². The minimum absolute atomic E-state index is 0.0713. The maximum Gasteiger partial charge on any atom is 0.411 e. The summed E-state index contributed by atoms with van der Waals surface area (Å²) in [5.41, 5.74) is 11.0. The van der Waals surface area contributed by atoms with Gasteiger partial charge in [0, 0.05) is 35.8 Å². The summed E-state index contributed by atoms with van der Waals surface area (Å²) in [4.78, 5) is 39.1. The number of urea groups is 1. The lowest BCUT2D eigenvalue weighted by Crippen LogP contribution is -2.35. The number of ether oxygens (including phenoxy) is 2. The number of carbonyl (C=O) groups excluding carboxylic acids is 3. The van der Waals surface area contributed by atoms with Crippen molar-refractivity contribution in [3.8, 4) is 17.0 Å². The number of nitrogen functional groups attached to an aromatic ring is 1. The van der Waals surface area contributed by atoms with Crippen molar-refractivity contribution in [2.75, 3.05) is 37.8 Å². The number of carbonyl (C=O) groups is 3. The van der Waals surface area contributed by atoms with Crippen LogP contribution in [0.4, 0.5) is 21.0 Å². The van der Waals surface area contributed by atoms with Gasteiger partial charge in [0.05, 0.1) is 23.4 Å². The Morgan fingerprint density at radius 2 is 1.85 bits per heavy atom. The first kappa shape index (κ1) is 26.0. The Bertz CT molecular complexity index is 1460. The van der Waals surface area contributed by atoms with Gasteiger partial charge in [-0.05, 0) is 69.2 Å². The van der Waals surface area contributed by atoms with Gasteiger partial charge in [-0.2, -0.15) is 0 Å². The van der Waals surface area contributed by atoms with Crippen LogP contribution in [-0.2, 0) is 9.53 Å². The fraction of sp³-hybridized carbons (Fsp3) is 0.433. The van der Waals surface area contributed by atoms with Crippen molar-refractivity contribution in [1.29, 1.82) is 0 Å². The van der Waals surface area contributed by atoms with Gasteiger partial charge in [-0.1, -0.05) is 12.1 Å². The van der Waals surface area contributed by atoms with E-state index in [-0.39, 0.29) is 37.7 Å². The minimum atomic E-state index is -0.437. The number of fused-ring (bicyclic) bond motifs is 1. The first-order valence-corrected chi connectivity index (χ1v) is 14.0. The van der Waals surface area contributed by atoms with Crippen LogP contribution in [0.1, 0.15) is 45.1 Å². The zero-order chi connectivity index (χ0) is 28.0. The second kappa shape index (κ2) is 10.4. The quantitative estimate of drug-likeness (QED) is 0.355. The highest BCUT2D eigenvalue weighted by molar-refractivity contribution is 6.02. The molecule has 0 bridgehead atoms. The van der Waals surface area contributed by atoms with E-state index < -0.39 is 6.09 Å². The van der Waals surface area contributed by atoms with Crippen LogP contribution in [0.2, 0.25) is 0 Å². The van der Waals surface area contributed by atoms with E-state index in [0.29, 0.717) is 29.1 Å². The van der Waals surface area contributed by atoms with Crippen LogP contribution in [0.3, 0.4) is 0 Å². The number of imide groups is 1. The van der Waals surface area contributed by atoms with Crippen molar-refractivity contribution in [3.05, 3.63) is 42.5 Å². The Hall–Kier alpha value is -4.21. The molecule has 2 aliphatic carbocycles. The molecule has 4 amide bonds. The number of amides is 4. The smallest absolute Gasteiger partial charge is 0.411 e. The number of hydrogen-bond donors (Lipinski definition) is 2. The zero-order valence-corrected chi connectivity index (χ0v) is 22.9. The summed E-state index contributed by atoms with van der Waals surface area (Å²) in [6.45, 7) is 2.44. The molecular formula is C30H35N5O5. The first-order valence-electron chi connectivity index (χ1n) is 14.0. The average Bonchev–Trinajstić information content (AvgIpc) is 3.68. The molecule has 10 nitrogen and oxygen atoms in total. The van der Waals surface area contributed by atoms with E-state index >= 15 is 0 Å². The lowest BCUT2D eigenvalue weighted by Gasteiger charge is -2.30. The molecule has 1 aromatic heterocycles. The molecule has 2 saturated carbocycles. The third-order valence-electron chi connectivity index (χ3n) is 8.25. The van der Waals surface area contributed by atoms with Crippen molar-refractivity contribution >= 4 is 40.3 Å². The molecule has 40 heavy (non-hydrogen) atoms. The fourth-order valence-corrected chi connectivity index (χ4v) is 5.56. The molecular weight excluding hydrogens is 510 g/mol. The van der Waals surface area contributed by atoms with Crippen LogP contribution in [0.5, 0.6) is 5.75 Å². The largest absolute Gasteiger partial charge is 0.492 e. The summed E-state index contributed by atoms with van der Waals surface area (Å²) >= 11 is 0. The van der Waals surface area contributed by atoms with Gasteiger partial charge in [-0.3, -0.25) is 15.0 Å². The van der Waals surface area contributed by atoms with Crippen LogP contribution < -0.4 is 15.8 Å². The predicted octanol–water partition coefficient (Wildman–Crippen LogP) is 5.24. The molecule has 1 atom stereocenters. The Labute approximate surface area is 233 Å². The van der Waals surface area contributed by atoms with E-state index in [1.54, 1.807) is 7.05 Å². The Morgan fingerprint density at radius 1 is 1.10 bits per heavy atom. The van der Waals surface area contributed by atoms with Gasteiger partial charge in [0.15, 0.2) is 0 Å². The van der Waals surface area contributed by atoms with Gasteiger partial charge in [0.2, 0.25) is 5.91 Å². The van der Waals surface area contributed by atoms with Crippen molar-refractivity contribution in [3.63, 3.8) is 0 Å². The zero-order valence-electron chi connectivity index (χ0n) is 22.9. The maximum absolute atomic E-state index is 12.3. The molecule has 6 rings (SSSR count). The molecule has 0 spiro atoms. The highest BCUT2D eigenvalue weighted by Crippen LogP contribution is 2.45. The standard InChI is InChI=1S/C30H35N5O5/c1-18(19-6-7-19)40-29(37)32-21-10-8-20(9-11-21)28-27(31)24-13-12-23(16-25(24)35(28)22-4-3-5-22)39-15-14-34-26(36)17-33(2)30(34)38/h8-13,16,18-19,22H,3-7,14-15,17,31H2,1-2H3,(H,32,37)/t18-/m1/s1. The van der Waals surface area contributed by atoms with Gasteiger partial charge < -0.3 is 24.7 Å². The van der Waals surface area contributed by atoms with Gasteiger partial charge in [-0.15, -0.1) is 0 Å². The predicted molar refractivity (Wildman–Crippen MR) is 152 cm³/mol. The van der Waals surface area contributed by atoms with Crippen LogP contribution in [-0.4, -0.2) is 65.2 Å². The van der Waals surface area contributed by atoms with E-state index in [1.807, 2.05) is 49.4 Å². The molecule has 0 unspecified atom stereocenters. The van der Waals surface area contributed by atoms with E-state index in [2.05, 4.69) is 9.88 Å². The number of nitrogens with two attached hydrogens (primary N) is 1. The highest BCUT2D eigenvalue weighted by atomic mass is 16.6. The average molecular weight is 546 g/mol. The van der Waals surface area contributed by atoms with Crippen LogP contribution >= 0.6 is 0 Å². The Morgan fingerprint density at radius 3 is 2.48 bits per heavy atom. The number of likely N-dealkylation sites (N-methyl/N-ethyl adjacent to an activating group) is 1. The normalized spacial score (nSPS) is 18.2. The Balaban J connectivity index is 1.21. The molecule has 2 aromatic carbocycles. The van der Waals surface area contributed by atoms with E-state index in [9.17, 15) is 14.4 Å². The monoisotopic (exact) mass is 545 g/mol. The number of benzene rings is 2. The van der Waals surface area contributed by atoms with Crippen molar-refractivity contribution in [1.82, 2.24) is 14.4 Å². The maximum atomic E-state index is 12.3. The van der Waals surface area contributed by atoms with Crippen LogP contribution in [0, 0.1) is 5.92 Å². The molecule has 1 saturated heterocycles. The molecule has 210 valence electrons. The summed E-state index contributed by atoms with van der Waals surface area (Å²) in [5, 5.41) is 3.77. The van der Waals surface area contributed by atoms with E-state index in [1.165, 1.54) is 9.80 Å². The Kier molecular flexibility index (Phi) is 6.77. The van der Waals surface area contributed by atoms with Crippen molar-refractivity contribution in [2.24, 2.45) is 5.92 Å². The van der Waals surface area contributed by atoms with Crippen LogP contribution in [0.25, 0.3) is 22.2 Å². The van der Waals surface area contributed by atoms with Crippen molar-refractivity contribution in [2.45, 2.75) is 51.2 Å². The number of nitrogens with zero attached hydrogens (tertiary/aromatic N) is 3. The van der Waals surface area contributed by atoms with E-state index in [0.717, 1.165) is 54.3 Å². The molecule has 10 heteroatoms. The second-order valence-electron chi connectivity index (χ2n) is 11.1. The van der Waals surface area contributed by atoms with Gasteiger partial charge >= 0.3 is 12.1 Å². The number of anilines is 2. The summed E-state index contributed by atoms with van der Waals surface area (Å²) in [6.07, 6.45) is 5.02. The molecule has 3 N–H and O–H groups in total. The van der Waals surface area contributed by atoms with Crippen molar-refractivity contribution < 1.29 is 23.9 Å². The molecule has 0 radical (unpaired) electrons. The third kappa shape index (κ3) is 4.94. The molecule has 3 aliphatic rings. The summed E-state index contributed by atoms with van der Waals surface area (Å²) < 4.78 is 13.8. The number of hydrogen-bond acceptors (Lipinski definition) is 6. The SMILES string of the molecule is C[C@@H](OC(=O)Nc1ccc(-c2c(N)c3ccc(OCCN4C(=O)CN(C)C4=O)cc3n2C2CCC2)cc1)C1CC1. The third-order valence-corrected chi connectivity index (χ3v) is 8.25. The number of rotatable bonds is 9. The van der Waals surface area contributed by atoms with Gasteiger partial charge in [-0.25, -0.2) is 9.59 Å². The lowest BCUT2D eigenvalue weighted by molar-refractivity contribution is -0.125. The highest BCUT2D eigenvalue weighted by Gasteiger charge is 2.33. The molecule has 1 aliphatic heterocycles. The van der Waals surface area contributed by atoms with Gasteiger partial charge in [0.25, 0.3) is 0 Å². The topological polar surface area (TPSA) is 119 Å². The molecule has 3 fully saturated rings. The second-order valence-corrected chi connectivity index (χ2v) is 11.1. The minimum Gasteiger partial charge on any atom is -0.492 e.